The second-order valence-electron chi connectivity index (χ2n) is 9.22. The van der Waals surface area contributed by atoms with E-state index in [1.807, 2.05) is 13.5 Å². The first-order valence-electron chi connectivity index (χ1n) is 11.6. The van der Waals surface area contributed by atoms with Crippen LogP contribution in [0.5, 0.6) is 0 Å². The smallest absolute Gasteiger partial charge is 0.254 e. The maximum atomic E-state index is 12.5. The Labute approximate surface area is 189 Å². The number of nitrogens with zero attached hydrogens (tertiary/aromatic N) is 2. The Morgan fingerprint density at radius 3 is 2.78 bits per heavy atom. The lowest BCUT2D eigenvalue weighted by Crippen LogP contribution is -2.33. The summed E-state index contributed by atoms with van der Waals surface area (Å²) < 4.78 is 1.77. The summed E-state index contributed by atoms with van der Waals surface area (Å²) >= 11 is 0. The molecule has 2 aliphatic rings. The van der Waals surface area contributed by atoms with Crippen LogP contribution in [-0.4, -0.2) is 17.2 Å². The largest absolute Gasteiger partial charge is 0.311 e. The predicted molar refractivity (Wildman–Crippen MR) is 129 cm³/mol. The van der Waals surface area contributed by atoms with Crippen LogP contribution in [0.4, 0.5) is 0 Å². The van der Waals surface area contributed by atoms with Crippen LogP contribution in [0.1, 0.15) is 47.6 Å². The predicted octanol–water partition coefficient (Wildman–Crippen LogP) is 4.49. The second-order valence-corrected chi connectivity index (χ2v) is 9.22. The number of nitrogens with one attached hydrogen (secondary N) is 1. The van der Waals surface area contributed by atoms with Gasteiger partial charge in [0.1, 0.15) is 0 Å². The lowest BCUT2D eigenvalue weighted by Gasteiger charge is -2.18. The molecule has 3 aromatic rings. The highest BCUT2D eigenvalue weighted by Gasteiger charge is 2.27. The van der Waals surface area contributed by atoms with E-state index in [1.54, 1.807) is 4.57 Å². The molecular formula is C28H29N3O. The Balaban J connectivity index is 1.48. The first kappa shape index (κ1) is 21.0. The topological polar surface area (TPSA) is 57.8 Å². The van der Waals surface area contributed by atoms with Crippen molar-refractivity contribution < 1.29 is 0 Å². The van der Waals surface area contributed by atoms with Crippen LogP contribution in [0.15, 0.2) is 35.1 Å². The van der Waals surface area contributed by atoms with Gasteiger partial charge < -0.3 is 9.88 Å². The molecule has 2 atom stereocenters. The van der Waals surface area contributed by atoms with Gasteiger partial charge in [-0.15, -0.1) is 0 Å². The highest BCUT2D eigenvalue weighted by molar-refractivity contribution is 5.94. The van der Waals surface area contributed by atoms with E-state index in [9.17, 15) is 10.1 Å². The normalized spacial score (nSPS) is 15.8. The lowest BCUT2D eigenvalue weighted by atomic mass is 9.90. The van der Waals surface area contributed by atoms with Gasteiger partial charge in [0.2, 0.25) is 0 Å². The summed E-state index contributed by atoms with van der Waals surface area (Å²) in [6.45, 7) is 7.01. The molecule has 5 rings (SSSR count). The second kappa shape index (κ2) is 8.22. The molecule has 1 N–H and O–H groups in total. The number of aryl methyl sites for hydroxylation is 1. The molecule has 4 nitrogen and oxygen atoms in total. The molecule has 0 saturated carbocycles. The Morgan fingerprint density at radius 2 is 2.00 bits per heavy atom. The van der Waals surface area contributed by atoms with Crippen molar-refractivity contribution in [3.05, 3.63) is 81.8 Å². The zero-order valence-corrected chi connectivity index (χ0v) is 18.9. The van der Waals surface area contributed by atoms with Crippen molar-refractivity contribution in [1.82, 2.24) is 9.88 Å². The minimum absolute atomic E-state index is 0.0906. The van der Waals surface area contributed by atoms with E-state index in [1.165, 1.54) is 22.3 Å². The van der Waals surface area contributed by atoms with E-state index in [0.717, 1.165) is 66.2 Å². The van der Waals surface area contributed by atoms with Crippen LogP contribution in [0.3, 0.4) is 0 Å². The minimum Gasteiger partial charge on any atom is -0.311 e. The number of hydrogen-bond acceptors (Lipinski definition) is 3. The standard InChI is InChI=1S/C28H29N3O/c1-4-17(2)16-30-20(15-29)12-18-8-10-22(23-7-5-6-21(18)23)19-9-11-24-25-14-26(25)28(32)31(3)27(24)13-19/h8-11,13-14,17,20,30H,2,4-7,12,16H2,1,3H3/t17-,20-/m0/s1. The minimum atomic E-state index is -0.193. The fraction of sp³-hybridized carbons (Fsp3) is 0.357. The molecular weight excluding hydrogens is 394 g/mol. The van der Waals surface area contributed by atoms with Crippen LogP contribution < -0.4 is 10.9 Å². The third-order valence-electron chi connectivity index (χ3n) is 7.18. The van der Waals surface area contributed by atoms with Gasteiger partial charge in [0.25, 0.3) is 5.56 Å². The third kappa shape index (κ3) is 3.55. The molecule has 1 heterocycles. The summed E-state index contributed by atoms with van der Waals surface area (Å²) in [5.41, 5.74) is 9.55. The van der Waals surface area contributed by atoms with Gasteiger partial charge >= 0.3 is 0 Å². The molecule has 1 aromatic heterocycles. The van der Waals surface area contributed by atoms with Crippen LogP contribution >= 0.6 is 0 Å². The van der Waals surface area contributed by atoms with Gasteiger partial charge in [-0.25, -0.2) is 0 Å². The monoisotopic (exact) mass is 423 g/mol. The fourth-order valence-electron chi connectivity index (χ4n) is 5.08. The quantitative estimate of drug-likeness (QED) is 0.476. The van der Waals surface area contributed by atoms with E-state index in [0.29, 0.717) is 5.92 Å². The molecule has 32 heavy (non-hydrogen) atoms. The molecule has 2 aliphatic carbocycles. The van der Waals surface area contributed by atoms with Crippen molar-refractivity contribution in [2.24, 2.45) is 13.0 Å². The van der Waals surface area contributed by atoms with E-state index in [-0.39, 0.29) is 11.6 Å². The van der Waals surface area contributed by atoms with E-state index in [4.69, 9.17) is 0 Å². The Bertz CT molecular complexity index is 1310. The molecule has 4 heteroatoms. The summed E-state index contributed by atoms with van der Waals surface area (Å²) in [7, 11) is 1.86. The fourth-order valence-corrected chi connectivity index (χ4v) is 5.08. The van der Waals surface area contributed by atoms with Crippen molar-refractivity contribution in [3.63, 3.8) is 0 Å². The van der Waals surface area contributed by atoms with Gasteiger partial charge in [0, 0.05) is 30.8 Å². The summed E-state index contributed by atoms with van der Waals surface area (Å²) in [6, 6.07) is 13.2. The molecule has 162 valence electrons. The molecule has 0 spiro atoms. The van der Waals surface area contributed by atoms with Crippen molar-refractivity contribution >= 4 is 10.9 Å². The highest BCUT2D eigenvalue weighted by atomic mass is 16.1. The third-order valence-corrected chi connectivity index (χ3v) is 7.18. The van der Waals surface area contributed by atoms with E-state index < -0.39 is 0 Å². The van der Waals surface area contributed by atoms with E-state index in [2.05, 4.69) is 55.6 Å². The number of rotatable bonds is 7. The van der Waals surface area contributed by atoms with Crippen molar-refractivity contribution in [3.8, 4) is 17.2 Å². The number of fused-ring (bicyclic) bond motifs is 4. The first-order chi connectivity index (χ1) is 15.5. The summed E-state index contributed by atoms with van der Waals surface area (Å²) in [6.07, 6.45) is 6.99. The molecule has 0 fully saturated rings. The van der Waals surface area contributed by atoms with Crippen LogP contribution in [-0.2, 0) is 26.3 Å². The van der Waals surface area contributed by atoms with Gasteiger partial charge in [-0.05, 0) is 78.1 Å². The van der Waals surface area contributed by atoms with Gasteiger partial charge in [-0.1, -0.05) is 37.6 Å². The summed E-state index contributed by atoms with van der Waals surface area (Å²) in [5, 5.41) is 14.2. The van der Waals surface area contributed by atoms with Gasteiger partial charge in [0.15, 0.2) is 0 Å². The van der Waals surface area contributed by atoms with Crippen LogP contribution in [0.2, 0.25) is 0 Å². The zero-order chi connectivity index (χ0) is 22.4. The van der Waals surface area contributed by atoms with Gasteiger partial charge in [-0.3, -0.25) is 4.79 Å². The SMILES string of the molecule is [CH2][C@@H](CC)CN[C@H](C#N)Cc1ccc(-c2ccc3c4c(c(=O)n(C)c3c2)[CH]4)c2c1CCC2. The zero-order valence-electron chi connectivity index (χ0n) is 18.9. The number of hydrogen-bond donors (Lipinski definition) is 1. The lowest BCUT2D eigenvalue weighted by molar-refractivity contribution is 0.505. The van der Waals surface area contributed by atoms with Crippen molar-refractivity contribution in [2.45, 2.75) is 45.1 Å². The number of pyridine rings is 1. The Hall–Kier alpha value is -2.90. The number of benzene rings is 2. The molecule has 0 bridgehead atoms. The maximum absolute atomic E-state index is 12.5. The maximum Gasteiger partial charge on any atom is 0.254 e. The highest BCUT2D eigenvalue weighted by Crippen LogP contribution is 2.39. The molecule has 0 aliphatic heterocycles. The van der Waals surface area contributed by atoms with E-state index >= 15 is 0 Å². The Kier molecular flexibility index (Phi) is 5.39. The summed E-state index contributed by atoms with van der Waals surface area (Å²) in [5.74, 6) is 0.327. The number of nitriles is 1. The van der Waals surface area contributed by atoms with Gasteiger partial charge in [0.05, 0.1) is 17.6 Å². The summed E-state index contributed by atoms with van der Waals surface area (Å²) in [4.78, 5) is 12.5. The average Bonchev–Trinajstić information content (AvgIpc) is 3.47. The molecule has 2 aromatic carbocycles. The average molecular weight is 424 g/mol. The van der Waals surface area contributed by atoms with Crippen molar-refractivity contribution in [1.29, 1.82) is 5.26 Å². The molecule has 2 radical (unpaired) electrons. The molecule has 0 saturated heterocycles. The number of aromatic nitrogens is 1. The van der Waals surface area contributed by atoms with Crippen molar-refractivity contribution in [2.75, 3.05) is 6.54 Å². The molecule has 0 amide bonds. The molecule has 0 unspecified atom stereocenters. The van der Waals surface area contributed by atoms with Gasteiger partial charge in [-0.2, -0.15) is 5.26 Å². The Morgan fingerprint density at radius 1 is 1.19 bits per heavy atom. The first-order valence-corrected chi connectivity index (χ1v) is 11.6. The van der Waals surface area contributed by atoms with Crippen LogP contribution in [0.25, 0.3) is 22.0 Å². The van der Waals surface area contributed by atoms with Crippen LogP contribution in [0, 0.1) is 30.6 Å².